The molecule has 0 fully saturated rings. The highest BCUT2D eigenvalue weighted by Gasteiger charge is 2.00. The van der Waals surface area contributed by atoms with Crippen LogP contribution in [-0.4, -0.2) is 18.8 Å². The van der Waals surface area contributed by atoms with Crippen LogP contribution in [0, 0.1) is 6.92 Å². The van der Waals surface area contributed by atoms with Crippen molar-refractivity contribution in [2.24, 2.45) is 0 Å². The standard InChI is InChI=1S/C11H15NO2S/c1-9-3-5-10(6-4-9)7-15-8-11(13)12-14-2/h3-6H,7-8H2,1-2H3,(H,12,13). The van der Waals surface area contributed by atoms with Gasteiger partial charge in [0.15, 0.2) is 0 Å². The fourth-order valence-corrected chi connectivity index (χ4v) is 1.86. The first-order chi connectivity index (χ1) is 7.22. The van der Waals surface area contributed by atoms with E-state index in [1.807, 2.05) is 0 Å². The Balaban J connectivity index is 2.26. The van der Waals surface area contributed by atoms with Crippen molar-refractivity contribution in [3.8, 4) is 0 Å². The Morgan fingerprint density at radius 3 is 2.67 bits per heavy atom. The number of hydroxylamine groups is 1. The molecule has 1 rings (SSSR count). The first kappa shape index (κ1) is 12.1. The average molecular weight is 225 g/mol. The second-order valence-electron chi connectivity index (χ2n) is 3.21. The molecule has 0 atom stereocenters. The Labute approximate surface area is 94.2 Å². The third kappa shape index (κ3) is 4.85. The molecule has 0 unspecified atom stereocenters. The lowest BCUT2D eigenvalue weighted by Gasteiger charge is -2.02. The Morgan fingerprint density at radius 2 is 2.07 bits per heavy atom. The highest BCUT2D eigenvalue weighted by Crippen LogP contribution is 2.12. The van der Waals surface area contributed by atoms with Crippen LogP contribution in [0.2, 0.25) is 0 Å². The molecule has 0 bridgehead atoms. The summed E-state index contributed by atoms with van der Waals surface area (Å²) < 4.78 is 0. The van der Waals surface area contributed by atoms with Crippen LogP contribution in [0.5, 0.6) is 0 Å². The van der Waals surface area contributed by atoms with Gasteiger partial charge in [0.05, 0.1) is 12.9 Å². The summed E-state index contributed by atoms with van der Waals surface area (Å²) in [6, 6.07) is 8.31. The first-order valence-corrected chi connectivity index (χ1v) is 5.83. The second kappa shape index (κ2) is 6.48. The normalized spacial score (nSPS) is 10.0. The lowest BCUT2D eigenvalue weighted by Crippen LogP contribution is -2.23. The largest absolute Gasteiger partial charge is 0.277 e. The topological polar surface area (TPSA) is 38.3 Å². The summed E-state index contributed by atoms with van der Waals surface area (Å²) in [5.74, 6) is 1.16. The van der Waals surface area contributed by atoms with Gasteiger partial charge in [-0.3, -0.25) is 9.63 Å². The summed E-state index contributed by atoms with van der Waals surface area (Å²) in [5, 5.41) is 0. The van der Waals surface area contributed by atoms with Crippen LogP contribution >= 0.6 is 11.8 Å². The van der Waals surface area contributed by atoms with Gasteiger partial charge in [-0.25, -0.2) is 5.48 Å². The monoisotopic (exact) mass is 225 g/mol. The smallest absolute Gasteiger partial charge is 0.253 e. The van der Waals surface area contributed by atoms with Gasteiger partial charge in [0.25, 0.3) is 5.91 Å². The molecular weight excluding hydrogens is 210 g/mol. The molecule has 0 saturated carbocycles. The fourth-order valence-electron chi connectivity index (χ4n) is 1.09. The summed E-state index contributed by atoms with van der Waals surface area (Å²) in [6.07, 6.45) is 0. The highest BCUT2D eigenvalue weighted by atomic mass is 32.2. The van der Waals surface area contributed by atoms with E-state index in [0.29, 0.717) is 5.75 Å². The van der Waals surface area contributed by atoms with Crippen molar-refractivity contribution in [3.63, 3.8) is 0 Å². The molecule has 4 heteroatoms. The summed E-state index contributed by atoms with van der Waals surface area (Å²) in [4.78, 5) is 15.5. The molecule has 0 radical (unpaired) electrons. The van der Waals surface area contributed by atoms with Crippen molar-refractivity contribution in [1.82, 2.24) is 5.48 Å². The number of carbonyl (C=O) groups is 1. The van der Waals surface area contributed by atoms with Crippen LogP contribution in [0.15, 0.2) is 24.3 Å². The predicted molar refractivity (Wildman–Crippen MR) is 62.5 cm³/mol. The van der Waals surface area contributed by atoms with Crippen molar-refractivity contribution in [1.29, 1.82) is 0 Å². The molecular formula is C11H15NO2S. The zero-order valence-corrected chi connectivity index (χ0v) is 9.76. The molecule has 0 spiro atoms. The minimum Gasteiger partial charge on any atom is -0.277 e. The van der Waals surface area contributed by atoms with Crippen molar-refractivity contribution in [2.45, 2.75) is 12.7 Å². The average Bonchev–Trinajstić information content (AvgIpc) is 2.21. The van der Waals surface area contributed by atoms with E-state index in [0.717, 1.165) is 5.75 Å². The molecule has 1 aromatic rings. The molecule has 0 aromatic heterocycles. The molecule has 82 valence electrons. The van der Waals surface area contributed by atoms with Gasteiger partial charge in [0.1, 0.15) is 0 Å². The zero-order valence-electron chi connectivity index (χ0n) is 8.95. The van der Waals surface area contributed by atoms with Gasteiger partial charge in [0, 0.05) is 5.75 Å². The summed E-state index contributed by atoms with van der Waals surface area (Å²) >= 11 is 1.57. The van der Waals surface area contributed by atoms with Crippen LogP contribution in [0.25, 0.3) is 0 Å². The number of amides is 1. The summed E-state index contributed by atoms with van der Waals surface area (Å²) in [6.45, 7) is 2.06. The maximum absolute atomic E-state index is 11.0. The van der Waals surface area contributed by atoms with Gasteiger partial charge in [-0.05, 0) is 12.5 Å². The summed E-state index contributed by atoms with van der Waals surface area (Å²) in [5.41, 5.74) is 4.76. The maximum atomic E-state index is 11.0. The Hall–Kier alpha value is -1.00. The van der Waals surface area contributed by atoms with Crippen LogP contribution < -0.4 is 5.48 Å². The lowest BCUT2D eigenvalue weighted by atomic mass is 10.2. The van der Waals surface area contributed by atoms with Crippen molar-refractivity contribution < 1.29 is 9.63 Å². The number of rotatable bonds is 5. The van der Waals surface area contributed by atoms with E-state index in [4.69, 9.17) is 0 Å². The molecule has 1 aromatic carbocycles. The van der Waals surface area contributed by atoms with E-state index in [9.17, 15) is 4.79 Å². The van der Waals surface area contributed by atoms with Gasteiger partial charge in [0.2, 0.25) is 0 Å². The van der Waals surface area contributed by atoms with E-state index < -0.39 is 0 Å². The van der Waals surface area contributed by atoms with Gasteiger partial charge >= 0.3 is 0 Å². The van der Waals surface area contributed by atoms with E-state index in [2.05, 4.69) is 41.5 Å². The molecule has 0 saturated heterocycles. The van der Waals surface area contributed by atoms with Crippen molar-refractivity contribution in [2.75, 3.05) is 12.9 Å². The zero-order chi connectivity index (χ0) is 11.1. The van der Waals surface area contributed by atoms with Crippen LogP contribution in [-0.2, 0) is 15.4 Å². The van der Waals surface area contributed by atoms with Crippen molar-refractivity contribution in [3.05, 3.63) is 35.4 Å². The predicted octanol–water partition coefficient (Wildman–Crippen LogP) is 1.91. The molecule has 0 aliphatic heterocycles. The van der Waals surface area contributed by atoms with Gasteiger partial charge in [-0.15, -0.1) is 11.8 Å². The lowest BCUT2D eigenvalue weighted by molar-refractivity contribution is -0.128. The minimum atomic E-state index is -0.102. The number of aryl methyl sites for hydroxylation is 1. The van der Waals surface area contributed by atoms with Gasteiger partial charge in [-0.2, -0.15) is 0 Å². The van der Waals surface area contributed by atoms with Gasteiger partial charge < -0.3 is 0 Å². The second-order valence-corrected chi connectivity index (χ2v) is 4.19. The Morgan fingerprint density at radius 1 is 1.40 bits per heavy atom. The number of benzene rings is 1. The van der Waals surface area contributed by atoms with Crippen LogP contribution in [0.4, 0.5) is 0 Å². The molecule has 1 amide bonds. The SMILES string of the molecule is CONC(=O)CSCc1ccc(C)cc1. The number of carbonyl (C=O) groups excluding carboxylic acids is 1. The van der Waals surface area contributed by atoms with Crippen LogP contribution in [0.1, 0.15) is 11.1 Å². The quantitative estimate of drug-likeness (QED) is 0.778. The van der Waals surface area contributed by atoms with E-state index in [1.54, 1.807) is 11.8 Å². The third-order valence-electron chi connectivity index (χ3n) is 1.84. The highest BCUT2D eigenvalue weighted by molar-refractivity contribution is 7.99. The Kier molecular flexibility index (Phi) is 5.21. The third-order valence-corrected chi connectivity index (χ3v) is 2.84. The molecule has 0 heterocycles. The Bertz CT molecular complexity index is 311. The minimum absolute atomic E-state index is 0.102. The fraction of sp³-hybridized carbons (Fsp3) is 0.364. The molecule has 1 N–H and O–H groups in total. The molecule has 3 nitrogen and oxygen atoms in total. The molecule has 0 aliphatic rings. The number of hydrogen-bond donors (Lipinski definition) is 1. The van der Waals surface area contributed by atoms with E-state index in [1.165, 1.54) is 18.2 Å². The summed E-state index contributed by atoms with van der Waals surface area (Å²) in [7, 11) is 1.43. The molecule has 15 heavy (non-hydrogen) atoms. The first-order valence-electron chi connectivity index (χ1n) is 4.67. The number of hydrogen-bond acceptors (Lipinski definition) is 3. The van der Waals surface area contributed by atoms with E-state index in [-0.39, 0.29) is 5.91 Å². The number of nitrogens with one attached hydrogen (secondary N) is 1. The number of thioether (sulfide) groups is 1. The van der Waals surface area contributed by atoms with Crippen LogP contribution in [0.3, 0.4) is 0 Å². The maximum Gasteiger partial charge on any atom is 0.253 e. The van der Waals surface area contributed by atoms with E-state index >= 15 is 0 Å². The molecule has 0 aliphatic carbocycles. The van der Waals surface area contributed by atoms with Gasteiger partial charge in [-0.1, -0.05) is 29.8 Å². The van der Waals surface area contributed by atoms with Crippen molar-refractivity contribution >= 4 is 17.7 Å².